The van der Waals surface area contributed by atoms with Crippen molar-refractivity contribution in [1.29, 1.82) is 0 Å². The van der Waals surface area contributed by atoms with Crippen LogP contribution in [0.4, 0.5) is 0 Å². The summed E-state index contributed by atoms with van der Waals surface area (Å²) in [5.41, 5.74) is 1.76. The highest BCUT2D eigenvalue weighted by atomic mass is 35.5. The molecule has 1 aromatic heterocycles. The maximum Gasteiger partial charge on any atom is 0.277 e. The van der Waals surface area contributed by atoms with E-state index < -0.39 is 0 Å². The van der Waals surface area contributed by atoms with Crippen LogP contribution in [0.2, 0.25) is 5.02 Å². The monoisotopic (exact) mass is 401 g/mol. The van der Waals surface area contributed by atoms with Crippen molar-refractivity contribution in [3.05, 3.63) is 65.2 Å². The van der Waals surface area contributed by atoms with Crippen LogP contribution in [-0.2, 0) is 4.79 Å². The molecular weight excluding hydrogens is 382 g/mol. The van der Waals surface area contributed by atoms with Gasteiger partial charge in [0.1, 0.15) is 0 Å². The summed E-state index contributed by atoms with van der Waals surface area (Å²) in [4.78, 5) is 12.4. The Bertz CT molecular complexity index is 899. The molecule has 1 heterocycles. The quantitative estimate of drug-likeness (QED) is 0.564. The van der Waals surface area contributed by atoms with E-state index in [2.05, 4.69) is 29.4 Å². The SMILES string of the molecule is CC(C)C(NC(=O)CSc1nnc(-c2ccccc2Cl)o1)c1ccccc1. The fourth-order valence-electron chi connectivity index (χ4n) is 2.65. The highest BCUT2D eigenvalue weighted by Crippen LogP contribution is 2.29. The predicted octanol–water partition coefficient (Wildman–Crippen LogP) is 5.00. The number of carbonyl (C=O) groups is 1. The smallest absolute Gasteiger partial charge is 0.277 e. The van der Waals surface area contributed by atoms with Crippen LogP contribution in [0.1, 0.15) is 25.5 Å². The normalized spacial score (nSPS) is 12.1. The number of rotatable bonds is 7. The van der Waals surface area contributed by atoms with Crippen molar-refractivity contribution >= 4 is 29.3 Å². The molecule has 1 amide bonds. The van der Waals surface area contributed by atoms with Gasteiger partial charge in [-0.2, -0.15) is 0 Å². The fourth-order valence-corrected chi connectivity index (χ4v) is 3.44. The molecule has 3 aromatic rings. The largest absolute Gasteiger partial charge is 0.411 e. The number of nitrogens with zero attached hydrogens (tertiary/aromatic N) is 2. The minimum Gasteiger partial charge on any atom is -0.411 e. The molecule has 1 unspecified atom stereocenters. The highest BCUT2D eigenvalue weighted by molar-refractivity contribution is 7.99. The van der Waals surface area contributed by atoms with Crippen molar-refractivity contribution in [2.75, 3.05) is 5.75 Å². The number of amides is 1. The molecule has 140 valence electrons. The third kappa shape index (κ3) is 5.11. The Labute approximate surface area is 167 Å². The van der Waals surface area contributed by atoms with E-state index in [1.807, 2.05) is 48.5 Å². The molecule has 0 aliphatic carbocycles. The van der Waals surface area contributed by atoms with Gasteiger partial charge in [-0.3, -0.25) is 4.79 Å². The first-order valence-corrected chi connectivity index (χ1v) is 9.96. The second-order valence-corrected chi connectivity index (χ2v) is 7.68. The summed E-state index contributed by atoms with van der Waals surface area (Å²) in [5.74, 6) is 0.727. The number of hydrogen-bond acceptors (Lipinski definition) is 5. The summed E-state index contributed by atoms with van der Waals surface area (Å²) in [7, 11) is 0. The number of thioether (sulfide) groups is 1. The van der Waals surface area contributed by atoms with E-state index in [0.29, 0.717) is 21.7 Å². The van der Waals surface area contributed by atoms with E-state index in [9.17, 15) is 4.79 Å². The molecule has 0 fully saturated rings. The first-order chi connectivity index (χ1) is 13.0. The lowest BCUT2D eigenvalue weighted by molar-refractivity contribution is -0.119. The number of benzene rings is 2. The molecule has 3 rings (SSSR count). The van der Waals surface area contributed by atoms with Crippen molar-refractivity contribution in [1.82, 2.24) is 15.5 Å². The summed E-state index contributed by atoms with van der Waals surface area (Å²) in [5, 5.41) is 11.9. The van der Waals surface area contributed by atoms with Gasteiger partial charge < -0.3 is 9.73 Å². The number of halogens is 1. The third-order valence-electron chi connectivity index (χ3n) is 3.98. The Hall–Kier alpha value is -2.31. The van der Waals surface area contributed by atoms with E-state index in [0.717, 1.165) is 5.56 Å². The summed E-state index contributed by atoms with van der Waals surface area (Å²) in [6, 6.07) is 17.2. The highest BCUT2D eigenvalue weighted by Gasteiger charge is 2.19. The molecule has 0 bridgehead atoms. The van der Waals surface area contributed by atoms with Crippen molar-refractivity contribution < 1.29 is 9.21 Å². The molecular formula is C20H20ClN3O2S. The van der Waals surface area contributed by atoms with E-state index in [-0.39, 0.29) is 23.6 Å². The zero-order valence-electron chi connectivity index (χ0n) is 15.1. The van der Waals surface area contributed by atoms with Crippen LogP contribution < -0.4 is 5.32 Å². The van der Waals surface area contributed by atoms with Crippen LogP contribution in [0.25, 0.3) is 11.5 Å². The van der Waals surface area contributed by atoms with Crippen LogP contribution in [0.3, 0.4) is 0 Å². The van der Waals surface area contributed by atoms with Crippen molar-refractivity contribution in [3.63, 3.8) is 0 Å². The maximum absolute atomic E-state index is 12.4. The second-order valence-electron chi connectivity index (χ2n) is 6.34. The Balaban J connectivity index is 1.60. The van der Waals surface area contributed by atoms with Gasteiger partial charge in [-0.1, -0.05) is 79.7 Å². The Kier molecular flexibility index (Phi) is 6.53. The van der Waals surface area contributed by atoms with Crippen molar-refractivity contribution in [2.24, 2.45) is 5.92 Å². The van der Waals surface area contributed by atoms with Crippen LogP contribution in [-0.4, -0.2) is 21.9 Å². The van der Waals surface area contributed by atoms with Crippen molar-refractivity contribution in [3.8, 4) is 11.5 Å². The Morgan fingerprint density at radius 2 is 1.81 bits per heavy atom. The first-order valence-electron chi connectivity index (χ1n) is 8.60. The lowest BCUT2D eigenvalue weighted by Crippen LogP contribution is -2.32. The van der Waals surface area contributed by atoms with Crippen molar-refractivity contribution in [2.45, 2.75) is 25.1 Å². The first kappa shape index (κ1) is 19.5. The van der Waals surface area contributed by atoms with E-state index in [4.69, 9.17) is 16.0 Å². The Morgan fingerprint density at radius 1 is 1.11 bits per heavy atom. The summed E-state index contributed by atoms with van der Waals surface area (Å²) in [6.45, 7) is 4.16. The van der Waals surface area contributed by atoms with Gasteiger partial charge in [-0.25, -0.2) is 0 Å². The molecule has 2 aromatic carbocycles. The van der Waals surface area contributed by atoms with E-state index >= 15 is 0 Å². The molecule has 7 heteroatoms. The second kappa shape index (κ2) is 9.06. The summed E-state index contributed by atoms with van der Waals surface area (Å²) in [6.07, 6.45) is 0. The number of carbonyl (C=O) groups excluding carboxylic acids is 1. The molecule has 0 saturated carbocycles. The van der Waals surface area contributed by atoms with Crippen LogP contribution in [0.15, 0.2) is 64.2 Å². The fraction of sp³-hybridized carbons (Fsp3) is 0.250. The van der Waals surface area contributed by atoms with Crippen LogP contribution in [0.5, 0.6) is 0 Å². The minimum absolute atomic E-state index is 0.0410. The molecule has 1 atom stereocenters. The number of aromatic nitrogens is 2. The Morgan fingerprint density at radius 3 is 2.52 bits per heavy atom. The maximum atomic E-state index is 12.4. The molecule has 0 radical (unpaired) electrons. The third-order valence-corrected chi connectivity index (χ3v) is 5.13. The lowest BCUT2D eigenvalue weighted by atomic mass is 9.96. The topological polar surface area (TPSA) is 68.0 Å². The molecule has 5 nitrogen and oxygen atoms in total. The van der Waals surface area contributed by atoms with Gasteiger partial charge in [0.05, 0.1) is 22.4 Å². The summed E-state index contributed by atoms with van der Waals surface area (Å²) < 4.78 is 5.61. The molecule has 0 saturated heterocycles. The zero-order chi connectivity index (χ0) is 19.2. The molecule has 0 aliphatic rings. The predicted molar refractivity (Wildman–Crippen MR) is 108 cm³/mol. The molecule has 1 N–H and O–H groups in total. The van der Waals surface area contributed by atoms with Gasteiger partial charge in [-0.05, 0) is 23.6 Å². The van der Waals surface area contributed by atoms with Gasteiger partial charge in [-0.15, -0.1) is 10.2 Å². The van der Waals surface area contributed by atoms with Gasteiger partial charge in [0.15, 0.2) is 0 Å². The van der Waals surface area contributed by atoms with Gasteiger partial charge in [0, 0.05) is 0 Å². The lowest BCUT2D eigenvalue weighted by Gasteiger charge is -2.22. The van der Waals surface area contributed by atoms with Crippen LogP contribution in [0, 0.1) is 5.92 Å². The molecule has 27 heavy (non-hydrogen) atoms. The van der Waals surface area contributed by atoms with E-state index in [1.54, 1.807) is 6.07 Å². The van der Waals surface area contributed by atoms with Gasteiger partial charge in [0.2, 0.25) is 11.8 Å². The van der Waals surface area contributed by atoms with Gasteiger partial charge in [0.25, 0.3) is 5.22 Å². The van der Waals surface area contributed by atoms with Crippen LogP contribution >= 0.6 is 23.4 Å². The van der Waals surface area contributed by atoms with Gasteiger partial charge >= 0.3 is 0 Å². The minimum atomic E-state index is -0.0833. The summed E-state index contributed by atoms with van der Waals surface area (Å²) >= 11 is 7.35. The number of nitrogens with one attached hydrogen (secondary N) is 1. The zero-order valence-corrected chi connectivity index (χ0v) is 16.6. The van der Waals surface area contributed by atoms with E-state index in [1.165, 1.54) is 11.8 Å². The number of hydrogen-bond donors (Lipinski definition) is 1. The molecule has 0 aliphatic heterocycles. The average molecular weight is 402 g/mol. The standard InChI is InChI=1S/C20H20ClN3O2S/c1-13(2)18(14-8-4-3-5-9-14)22-17(25)12-27-20-24-23-19(26-20)15-10-6-7-11-16(15)21/h3-11,13,18H,12H2,1-2H3,(H,22,25). The average Bonchev–Trinajstić information content (AvgIpc) is 3.14. The molecule has 0 spiro atoms.